The first kappa shape index (κ1) is 17.6. The molecule has 9 heteroatoms. The van der Waals surface area contributed by atoms with Crippen LogP contribution in [0, 0.1) is 17.0 Å². The number of nitrogens with zero attached hydrogens (tertiary/aromatic N) is 2. The van der Waals surface area contributed by atoms with E-state index in [1.165, 1.54) is 43.3 Å². The highest BCUT2D eigenvalue weighted by molar-refractivity contribution is 9.10. The molecule has 0 saturated carbocycles. The number of carbonyl (C=O) groups excluding carboxylic acids is 1. The van der Waals surface area contributed by atoms with E-state index in [2.05, 4.69) is 21.0 Å². The molecule has 0 amide bonds. The summed E-state index contributed by atoms with van der Waals surface area (Å²) in [7, 11) is 0. The van der Waals surface area contributed by atoms with Crippen LogP contribution in [0.25, 0.3) is 5.69 Å². The van der Waals surface area contributed by atoms with Gasteiger partial charge < -0.3 is 5.11 Å². The Balaban J connectivity index is 2.13. The molecule has 132 valence electrons. The smallest absolute Gasteiger partial charge is 0.282 e. The third-order valence-corrected chi connectivity index (χ3v) is 4.29. The maximum Gasteiger partial charge on any atom is 0.282 e. The summed E-state index contributed by atoms with van der Waals surface area (Å²) in [5.74, 6) is -0.896. The highest BCUT2D eigenvalue weighted by atomic mass is 79.9. The van der Waals surface area contributed by atoms with Crippen LogP contribution in [0.15, 0.2) is 51.7 Å². The highest BCUT2D eigenvalue weighted by Gasteiger charge is 2.23. The number of carbonyl (C=O) groups is 1. The van der Waals surface area contributed by atoms with Crippen molar-refractivity contribution in [1.29, 1.82) is 0 Å². The van der Waals surface area contributed by atoms with E-state index >= 15 is 0 Å². The number of aromatic amines is 1. The summed E-state index contributed by atoms with van der Waals surface area (Å²) >= 11 is 3.22. The van der Waals surface area contributed by atoms with Crippen LogP contribution in [0.2, 0.25) is 0 Å². The first-order chi connectivity index (χ1) is 12.3. The van der Waals surface area contributed by atoms with Gasteiger partial charge >= 0.3 is 0 Å². The predicted molar refractivity (Wildman–Crippen MR) is 97.0 cm³/mol. The van der Waals surface area contributed by atoms with Gasteiger partial charge in [0.05, 0.1) is 16.2 Å². The van der Waals surface area contributed by atoms with E-state index in [0.29, 0.717) is 4.47 Å². The molecule has 26 heavy (non-hydrogen) atoms. The number of nitrogens with one attached hydrogen (secondary N) is 1. The highest BCUT2D eigenvalue weighted by Crippen LogP contribution is 2.25. The van der Waals surface area contributed by atoms with Gasteiger partial charge in [0, 0.05) is 22.3 Å². The Morgan fingerprint density at radius 1 is 1.27 bits per heavy atom. The lowest BCUT2D eigenvalue weighted by Gasteiger charge is -2.03. The number of nitro groups is 1. The van der Waals surface area contributed by atoms with Gasteiger partial charge in [0.1, 0.15) is 11.3 Å². The number of hydrogen-bond donors (Lipinski definition) is 2. The molecule has 2 aromatic carbocycles. The maximum atomic E-state index is 12.8. The number of rotatable bonds is 4. The number of hydrogen-bond acceptors (Lipinski definition) is 5. The summed E-state index contributed by atoms with van der Waals surface area (Å²) in [6.45, 7) is 1.54. The van der Waals surface area contributed by atoms with Crippen molar-refractivity contribution >= 4 is 27.4 Å². The second kappa shape index (κ2) is 6.60. The van der Waals surface area contributed by atoms with Gasteiger partial charge in [-0.05, 0) is 31.2 Å². The Morgan fingerprint density at radius 2 is 2.00 bits per heavy atom. The SMILES string of the molecule is Cc1[nH]n(-c2cccc([N+](=O)[O-])c2)c(=O)c1C(=O)c1cc(Br)ccc1O. The molecule has 0 bridgehead atoms. The zero-order chi connectivity index (χ0) is 19.0. The standard InChI is InChI=1S/C17H12BrN3O5/c1-9-15(16(23)13-7-10(18)5-6-14(13)22)17(24)20(19-9)11-3-2-4-12(8-11)21(25)26/h2-8,19,22H,1H3. The summed E-state index contributed by atoms with van der Waals surface area (Å²) in [4.78, 5) is 35.8. The van der Waals surface area contributed by atoms with Crippen LogP contribution in [0.5, 0.6) is 5.75 Å². The lowest BCUT2D eigenvalue weighted by Crippen LogP contribution is -2.21. The molecule has 1 heterocycles. The number of ketones is 1. The summed E-state index contributed by atoms with van der Waals surface area (Å²) in [6.07, 6.45) is 0. The molecule has 0 aliphatic heterocycles. The van der Waals surface area contributed by atoms with Gasteiger partial charge in [-0.3, -0.25) is 24.8 Å². The van der Waals surface area contributed by atoms with E-state index in [1.807, 2.05) is 0 Å². The van der Waals surface area contributed by atoms with Gasteiger partial charge in [-0.25, -0.2) is 4.68 Å². The summed E-state index contributed by atoms with van der Waals surface area (Å²) < 4.78 is 1.63. The Morgan fingerprint density at radius 3 is 2.69 bits per heavy atom. The number of phenols is 1. The van der Waals surface area contributed by atoms with Crippen LogP contribution in [-0.4, -0.2) is 25.6 Å². The largest absolute Gasteiger partial charge is 0.507 e. The Labute approximate surface area is 155 Å². The second-order valence-electron chi connectivity index (χ2n) is 5.52. The normalized spacial score (nSPS) is 10.7. The molecule has 0 atom stereocenters. The fourth-order valence-electron chi connectivity index (χ4n) is 2.57. The molecule has 1 aromatic heterocycles. The van der Waals surface area contributed by atoms with Crippen molar-refractivity contribution in [2.24, 2.45) is 0 Å². The van der Waals surface area contributed by atoms with E-state index in [0.717, 1.165) is 4.68 Å². The average Bonchev–Trinajstić information content (AvgIpc) is 2.91. The van der Waals surface area contributed by atoms with Crippen molar-refractivity contribution in [2.75, 3.05) is 0 Å². The number of non-ortho nitro benzene ring substituents is 1. The molecular formula is C17H12BrN3O5. The van der Waals surface area contributed by atoms with Crippen molar-refractivity contribution in [2.45, 2.75) is 6.92 Å². The zero-order valence-electron chi connectivity index (χ0n) is 13.4. The Bertz CT molecular complexity index is 1100. The monoisotopic (exact) mass is 417 g/mol. The average molecular weight is 418 g/mol. The molecule has 0 saturated heterocycles. The number of phenolic OH excluding ortho intramolecular Hbond substituents is 1. The zero-order valence-corrected chi connectivity index (χ0v) is 15.0. The van der Waals surface area contributed by atoms with Crippen molar-refractivity contribution < 1.29 is 14.8 Å². The van der Waals surface area contributed by atoms with E-state index in [-0.39, 0.29) is 33.9 Å². The maximum absolute atomic E-state index is 12.8. The predicted octanol–water partition coefficient (Wildman–Crippen LogP) is 3.08. The van der Waals surface area contributed by atoms with Crippen molar-refractivity contribution in [3.8, 4) is 11.4 Å². The molecule has 3 aromatic rings. The first-order valence-electron chi connectivity index (χ1n) is 7.39. The Hall–Kier alpha value is -3.20. The van der Waals surface area contributed by atoms with Gasteiger partial charge in [0.2, 0.25) is 5.78 Å². The van der Waals surface area contributed by atoms with Gasteiger partial charge in [-0.2, -0.15) is 0 Å². The number of H-pyrrole nitrogens is 1. The molecule has 0 radical (unpaired) electrons. The molecule has 2 N–H and O–H groups in total. The van der Waals surface area contributed by atoms with Crippen molar-refractivity contribution in [3.05, 3.63) is 84.2 Å². The van der Waals surface area contributed by atoms with Crippen LogP contribution in [0.4, 0.5) is 5.69 Å². The van der Waals surface area contributed by atoms with Gasteiger partial charge in [0.15, 0.2) is 0 Å². The fraction of sp³-hybridized carbons (Fsp3) is 0.0588. The van der Waals surface area contributed by atoms with Crippen LogP contribution in [0.1, 0.15) is 21.6 Å². The van der Waals surface area contributed by atoms with Gasteiger partial charge in [-0.1, -0.05) is 22.0 Å². The number of nitro benzene ring substituents is 1. The minimum Gasteiger partial charge on any atom is -0.507 e. The lowest BCUT2D eigenvalue weighted by molar-refractivity contribution is -0.384. The third-order valence-electron chi connectivity index (χ3n) is 3.80. The van der Waals surface area contributed by atoms with Crippen LogP contribution in [-0.2, 0) is 0 Å². The van der Waals surface area contributed by atoms with Crippen LogP contribution >= 0.6 is 15.9 Å². The van der Waals surface area contributed by atoms with E-state index < -0.39 is 16.3 Å². The van der Waals surface area contributed by atoms with Crippen LogP contribution in [0.3, 0.4) is 0 Å². The molecule has 0 aliphatic rings. The quantitative estimate of drug-likeness (QED) is 0.384. The molecule has 0 spiro atoms. The second-order valence-corrected chi connectivity index (χ2v) is 6.44. The fourth-order valence-corrected chi connectivity index (χ4v) is 2.93. The summed E-state index contributed by atoms with van der Waals surface area (Å²) in [5.41, 5.74) is -0.503. The molecule has 0 aliphatic carbocycles. The van der Waals surface area contributed by atoms with E-state index in [4.69, 9.17) is 0 Å². The number of aromatic hydroxyl groups is 1. The molecule has 0 fully saturated rings. The number of benzene rings is 2. The minimum atomic E-state index is -0.660. The summed E-state index contributed by atoms with van der Waals surface area (Å²) in [6, 6.07) is 9.81. The number of aryl methyl sites for hydroxylation is 1. The van der Waals surface area contributed by atoms with Crippen molar-refractivity contribution in [1.82, 2.24) is 9.78 Å². The summed E-state index contributed by atoms with van der Waals surface area (Å²) in [5, 5.41) is 23.6. The lowest BCUT2D eigenvalue weighted by atomic mass is 10.0. The molecular weight excluding hydrogens is 406 g/mol. The molecule has 8 nitrogen and oxygen atoms in total. The third kappa shape index (κ3) is 3.04. The Kier molecular flexibility index (Phi) is 4.47. The van der Waals surface area contributed by atoms with Crippen molar-refractivity contribution in [3.63, 3.8) is 0 Å². The molecule has 0 unspecified atom stereocenters. The first-order valence-corrected chi connectivity index (χ1v) is 8.18. The minimum absolute atomic E-state index is 0.0234. The van der Waals surface area contributed by atoms with E-state index in [1.54, 1.807) is 6.07 Å². The van der Waals surface area contributed by atoms with Gasteiger partial charge in [-0.15, -0.1) is 0 Å². The topological polar surface area (TPSA) is 118 Å². The molecule has 3 rings (SSSR count). The van der Waals surface area contributed by atoms with E-state index in [9.17, 15) is 24.8 Å². The van der Waals surface area contributed by atoms with Crippen LogP contribution < -0.4 is 5.56 Å². The number of halogens is 1. The number of aromatic nitrogens is 2. The van der Waals surface area contributed by atoms with Gasteiger partial charge in [0.25, 0.3) is 11.2 Å².